The molecule has 0 amide bonds. The van der Waals surface area contributed by atoms with Crippen molar-refractivity contribution in [3.05, 3.63) is 35.2 Å². The van der Waals surface area contributed by atoms with Crippen LogP contribution in [-0.2, 0) is 11.0 Å². The average molecular weight is 288 g/mol. The molecule has 1 aromatic rings. The topological polar surface area (TPSA) is 73.9 Å². The second-order valence-corrected chi connectivity index (χ2v) is 4.04. The molecule has 5 nitrogen and oxygen atoms in total. The average Bonchev–Trinajstić information content (AvgIpc) is 2.33. The molecule has 0 heterocycles. The third kappa shape index (κ3) is 3.61. The Balaban J connectivity index is 3.16. The van der Waals surface area contributed by atoms with Crippen LogP contribution in [0.4, 0.5) is 24.5 Å². The third-order valence-corrected chi connectivity index (χ3v) is 2.49. The van der Waals surface area contributed by atoms with E-state index in [1.54, 1.807) is 0 Å². The monoisotopic (exact) mass is 288 g/mol. The Labute approximate surface area is 112 Å². The van der Waals surface area contributed by atoms with Crippen LogP contribution in [-0.4, -0.2) is 28.3 Å². The van der Waals surface area contributed by atoms with Gasteiger partial charge in [-0.25, -0.2) is 9.64 Å². The number of halogens is 3. The normalized spacial score (nSPS) is 14.2. The molecule has 0 aliphatic heterocycles. The lowest BCUT2D eigenvalue weighted by atomic mass is 10.1. The molecular weight excluding hydrogens is 277 g/mol. The maximum Gasteiger partial charge on any atom is 0.407 e. The van der Waals surface area contributed by atoms with Crippen molar-refractivity contribution in [2.24, 2.45) is 0 Å². The van der Waals surface area contributed by atoms with E-state index in [1.165, 1.54) is 6.92 Å². The van der Waals surface area contributed by atoms with Gasteiger partial charge in [0.15, 0.2) is 11.7 Å². The van der Waals surface area contributed by atoms with Gasteiger partial charge in [0.2, 0.25) is 0 Å². The number of rotatable bonds is 4. The molecule has 3 N–H and O–H groups in total. The lowest BCUT2D eigenvalue weighted by Gasteiger charge is -2.19. The molecule has 0 radical (unpaired) electrons. The Hall–Kier alpha value is -2.27. The van der Waals surface area contributed by atoms with Crippen molar-refractivity contribution in [2.75, 3.05) is 5.32 Å². The first kappa shape index (κ1) is 15.8. The van der Waals surface area contributed by atoms with Gasteiger partial charge in [-0.2, -0.15) is 13.2 Å². The van der Waals surface area contributed by atoms with Gasteiger partial charge in [0.05, 0.1) is 18.2 Å². The maximum absolute atomic E-state index is 12.7. The number of aliphatic hydroxyl groups is 1. The summed E-state index contributed by atoms with van der Waals surface area (Å²) in [5.74, 6) is -1.40. The van der Waals surface area contributed by atoms with Crippen LogP contribution in [0.2, 0.25) is 0 Å². The summed E-state index contributed by atoms with van der Waals surface area (Å²) in [5, 5.41) is 20.4. The Bertz CT molecular complexity index is 550. The van der Waals surface area contributed by atoms with Gasteiger partial charge >= 0.3 is 12.1 Å². The second-order valence-electron chi connectivity index (χ2n) is 4.04. The molecule has 1 rings (SSSR count). The highest BCUT2D eigenvalue weighted by atomic mass is 19.4. The van der Waals surface area contributed by atoms with E-state index >= 15 is 0 Å². The predicted octanol–water partition coefficient (Wildman–Crippen LogP) is 2.50. The zero-order valence-corrected chi connectivity index (χ0v) is 10.3. The first-order valence-corrected chi connectivity index (χ1v) is 5.43. The summed E-state index contributed by atoms with van der Waals surface area (Å²) in [7, 11) is 0. The van der Waals surface area contributed by atoms with Gasteiger partial charge in [0.25, 0.3) is 0 Å². The van der Waals surface area contributed by atoms with Crippen molar-refractivity contribution < 1.29 is 28.2 Å². The summed E-state index contributed by atoms with van der Waals surface area (Å²) >= 11 is 0. The first-order chi connectivity index (χ1) is 9.16. The van der Waals surface area contributed by atoms with Crippen molar-refractivity contribution >= 4 is 17.3 Å². The summed E-state index contributed by atoms with van der Waals surface area (Å²) in [4.78, 5) is 13.6. The van der Waals surface area contributed by atoms with E-state index in [9.17, 15) is 23.1 Å². The molecule has 0 aliphatic carbocycles. The number of carbonyl (C=O) groups is 1. The van der Waals surface area contributed by atoms with Gasteiger partial charge in [0, 0.05) is 5.69 Å². The molecule has 0 saturated carbocycles. The lowest BCUT2D eigenvalue weighted by molar-refractivity contribution is -0.140. The van der Waals surface area contributed by atoms with Crippen molar-refractivity contribution in [1.29, 1.82) is 0 Å². The van der Waals surface area contributed by atoms with Gasteiger partial charge in [-0.1, -0.05) is 6.07 Å². The van der Waals surface area contributed by atoms with Gasteiger partial charge in [-0.05, 0) is 19.1 Å². The Morgan fingerprint density at radius 2 is 2.05 bits per heavy atom. The largest absolute Gasteiger partial charge is 0.480 e. The molecule has 20 heavy (non-hydrogen) atoms. The van der Waals surface area contributed by atoms with Crippen molar-refractivity contribution in [1.82, 2.24) is 0 Å². The summed E-state index contributed by atoms with van der Waals surface area (Å²) in [6.45, 7) is 7.88. The van der Waals surface area contributed by atoms with Crippen LogP contribution in [0.15, 0.2) is 18.2 Å². The standard InChI is InChI=1S/C12H11F3N2O3/c1-6(18)10(11(19)20)17-7-3-4-9(16-2)8(5-7)12(13,14)15/h3-6,10,17-18H,1H3,(H,19,20)/t6-,10?/m1/s1. The number of benzene rings is 1. The van der Waals surface area contributed by atoms with Crippen LogP contribution >= 0.6 is 0 Å². The molecule has 0 spiro atoms. The highest BCUT2D eigenvalue weighted by molar-refractivity contribution is 5.78. The maximum atomic E-state index is 12.7. The van der Waals surface area contributed by atoms with E-state index in [0.29, 0.717) is 6.07 Å². The number of alkyl halides is 3. The molecule has 0 bridgehead atoms. The van der Waals surface area contributed by atoms with Crippen LogP contribution in [0.1, 0.15) is 12.5 Å². The number of carboxylic acid groups (broad SMARTS) is 1. The number of carboxylic acids is 1. The Morgan fingerprint density at radius 1 is 1.45 bits per heavy atom. The van der Waals surface area contributed by atoms with E-state index < -0.39 is 35.5 Å². The van der Waals surface area contributed by atoms with E-state index in [-0.39, 0.29) is 5.69 Å². The summed E-state index contributed by atoms with van der Waals surface area (Å²) in [5.41, 5.74) is -1.88. The summed E-state index contributed by atoms with van der Waals surface area (Å²) in [6, 6.07) is 1.29. The van der Waals surface area contributed by atoms with Gasteiger partial charge in [-0.15, -0.1) is 0 Å². The second kappa shape index (κ2) is 5.79. The van der Waals surface area contributed by atoms with Crippen LogP contribution < -0.4 is 5.32 Å². The van der Waals surface area contributed by atoms with Gasteiger partial charge in [-0.3, -0.25) is 0 Å². The number of hydrogen-bond donors (Lipinski definition) is 3. The number of nitrogens with one attached hydrogen (secondary N) is 1. The first-order valence-electron chi connectivity index (χ1n) is 5.43. The Morgan fingerprint density at radius 3 is 2.45 bits per heavy atom. The van der Waals surface area contributed by atoms with Crippen LogP contribution in [0.3, 0.4) is 0 Å². The van der Waals surface area contributed by atoms with Crippen molar-refractivity contribution in [3.63, 3.8) is 0 Å². The summed E-state index contributed by atoms with van der Waals surface area (Å²) < 4.78 is 38.2. The van der Waals surface area contributed by atoms with Gasteiger partial charge < -0.3 is 15.5 Å². The highest BCUT2D eigenvalue weighted by Crippen LogP contribution is 2.38. The van der Waals surface area contributed by atoms with E-state index in [1.807, 2.05) is 0 Å². The molecule has 1 unspecified atom stereocenters. The molecular formula is C12H11F3N2O3. The quantitative estimate of drug-likeness (QED) is 0.744. The highest BCUT2D eigenvalue weighted by Gasteiger charge is 2.34. The number of hydrogen-bond acceptors (Lipinski definition) is 3. The number of aliphatic carboxylic acids is 1. The van der Waals surface area contributed by atoms with Crippen LogP contribution in [0, 0.1) is 6.57 Å². The smallest absolute Gasteiger partial charge is 0.407 e. The van der Waals surface area contributed by atoms with E-state index in [4.69, 9.17) is 11.7 Å². The van der Waals surface area contributed by atoms with E-state index in [0.717, 1.165) is 12.1 Å². The predicted molar refractivity (Wildman–Crippen MR) is 64.4 cm³/mol. The number of aliphatic hydroxyl groups excluding tert-OH is 1. The summed E-state index contributed by atoms with van der Waals surface area (Å²) in [6.07, 6.45) is -6.02. The fourth-order valence-corrected chi connectivity index (χ4v) is 1.52. The van der Waals surface area contributed by atoms with E-state index in [2.05, 4.69) is 10.2 Å². The zero-order chi connectivity index (χ0) is 15.5. The molecule has 8 heteroatoms. The molecule has 0 saturated heterocycles. The minimum absolute atomic E-state index is 0.141. The third-order valence-electron chi connectivity index (χ3n) is 2.49. The minimum Gasteiger partial charge on any atom is -0.480 e. The lowest BCUT2D eigenvalue weighted by Crippen LogP contribution is -2.39. The fourth-order valence-electron chi connectivity index (χ4n) is 1.52. The minimum atomic E-state index is -4.72. The molecule has 0 fully saturated rings. The SMILES string of the molecule is [C-]#[N+]c1ccc(NC(C(=O)O)[C@@H](C)O)cc1C(F)(F)F. The molecule has 2 atom stereocenters. The molecule has 1 aromatic carbocycles. The van der Waals surface area contributed by atoms with Crippen molar-refractivity contribution in [2.45, 2.75) is 25.2 Å². The number of nitrogens with zero attached hydrogens (tertiary/aromatic N) is 1. The van der Waals surface area contributed by atoms with Gasteiger partial charge in [0.1, 0.15) is 0 Å². The Kier molecular flexibility index (Phi) is 4.57. The number of anilines is 1. The van der Waals surface area contributed by atoms with Crippen LogP contribution in [0.25, 0.3) is 4.85 Å². The fraction of sp³-hybridized carbons (Fsp3) is 0.333. The zero-order valence-electron chi connectivity index (χ0n) is 10.3. The molecule has 108 valence electrons. The van der Waals surface area contributed by atoms with Crippen LogP contribution in [0.5, 0.6) is 0 Å². The molecule has 0 aromatic heterocycles. The van der Waals surface area contributed by atoms with Crippen molar-refractivity contribution in [3.8, 4) is 0 Å². The molecule has 0 aliphatic rings.